The van der Waals surface area contributed by atoms with Crippen molar-refractivity contribution in [2.24, 2.45) is 23.2 Å². The first-order chi connectivity index (χ1) is 13.0. The zero-order valence-corrected chi connectivity index (χ0v) is 16.1. The van der Waals surface area contributed by atoms with E-state index in [0.717, 1.165) is 67.9 Å². The largest absolute Gasteiger partial charge is 0.361 e. The lowest BCUT2D eigenvalue weighted by atomic mass is 9.49. The maximum Gasteiger partial charge on any atom is 0.242 e. The van der Waals surface area contributed by atoms with Gasteiger partial charge in [-0.05, 0) is 76.0 Å². The Labute approximate surface area is 160 Å². The van der Waals surface area contributed by atoms with E-state index >= 15 is 0 Å². The van der Waals surface area contributed by atoms with Gasteiger partial charge in [0.05, 0.1) is 12.6 Å². The number of amides is 2. The van der Waals surface area contributed by atoms with Crippen molar-refractivity contribution in [3.63, 3.8) is 0 Å². The van der Waals surface area contributed by atoms with Crippen molar-refractivity contribution < 1.29 is 14.1 Å². The summed E-state index contributed by atoms with van der Waals surface area (Å²) in [6.45, 7) is 2.69. The second-order valence-electron chi connectivity index (χ2n) is 9.49. The Bertz CT molecular complexity index is 720. The van der Waals surface area contributed by atoms with Gasteiger partial charge in [-0.1, -0.05) is 5.16 Å². The number of rotatable bonds is 4. The van der Waals surface area contributed by atoms with Gasteiger partial charge in [0.15, 0.2) is 0 Å². The van der Waals surface area contributed by atoms with Gasteiger partial charge in [0.1, 0.15) is 11.5 Å². The van der Waals surface area contributed by atoms with Gasteiger partial charge in [0.2, 0.25) is 11.8 Å². The molecule has 0 radical (unpaired) electrons. The van der Waals surface area contributed by atoms with E-state index in [4.69, 9.17) is 4.52 Å². The van der Waals surface area contributed by atoms with Crippen molar-refractivity contribution in [3.05, 3.63) is 17.5 Å². The average Bonchev–Trinajstić information content (AvgIpc) is 3.26. The fourth-order valence-corrected chi connectivity index (χ4v) is 6.75. The van der Waals surface area contributed by atoms with Crippen LogP contribution >= 0.6 is 0 Å². The highest BCUT2D eigenvalue weighted by Gasteiger charge is 2.54. The number of likely N-dealkylation sites (tertiary alicyclic amines) is 1. The first-order valence-electron chi connectivity index (χ1n) is 10.5. The van der Waals surface area contributed by atoms with Gasteiger partial charge >= 0.3 is 0 Å². The minimum atomic E-state index is -0.192. The van der Waals surface area contributed by atoms with Crippen LogP contribution in [0.1, 0.15) is 68.9 Å². The van der Waals surface area contributed by atoms with Crippen molar-refractivity contribution >= 4 is 11.8 Å². The second kappa shape index (κ2) is 6.35. The Balaban J connectivity index is 1.22. The molecule has 1 saturated heterocycles. The molecular weight excluding hydrogens is 342 g/mol. The van der Waals surface area contributed by atoms with E-state index in [9.17, 15) is 9.59 Å². The first-order valence-corrected chi connectivity index (χ1v) is 10.5. The molecule has 0 unspecified atom stereocenters. The fourth-order valence-electron chi connectivity index (χ4n) is 6.75. The topological polar surface area (TPSA) is 75.4 Å². The monoisotopic (exact) mass is 371 g/mol. The average molecular weight is 371 g/mol. The van der Waals surface area contributed by atoms with Crippen LogP contribution in [0.25, 0.3) is 0 Å². The molecule has 4 saturated carbocycles. The van der Waals surface area contributed by atoms with Gasteiger partial charge in [0.25, 0.3) is 0 Å². The number of carbonyl (C=O) groups excluding carboxylic acids is 2. The summed E-state index contributed by atoms with van der Waals surface area (Å²) in [6, 6.07) is 1.89. The van der Waals surface area contributed by atoms with Crippen LogP contribution in [-0.2, 0) is 9.59 Å². The van der Waals surface area contributed by atoms with E-state index in [-0.39, 0.29) is 29.8 Å². The molecule has 1 atom stereocenters. The minimum Gasteiger partial charge on any atom is -0.361 e. The zero-order chi connectivity index (χ0) is 18.6. The van der Waals surface area contributed by atoms with Gasteiger partial charge in [0, 0.05) is 18.0 Å². The van der Waals surface area contributed by atoms with Gasteiger partial charge in [-0.15, -0.1) is 0 Å². The van der Waals surface area contributed by atoms with Crippen molar-refractivity contribution in [2.75, 3.05) is 13.1 Å². The van der Waals surface area contributed by atoms with Crippen LogP contribution in [0.2, 0.25) is 0 Å². The molecule has 0 aromatic carbocycles. The molecule has 5 aliphatic rings. The Hall–Kier alpha value is -1.85. The van der Waals surface area contributed by atoms with Gasteiger partial charge in [-0.3, -0.25) is 9.59 Å². The van der Waals surface area contributed by atoms with Gasteiger partial charge < -0.3 is 14.7 Å². The number of hydrogen-bond donors (Lipinski definition) is 1. The lowest BCUT2D eigenvalue weighted by Gasteiger charge is -2.55. The Morgan fingerprint density at radius 3 is 2.48 bits per heavy atom. The number of carbonyl (C=O) groups is 2. The highest BCUT2D eigenvalue weighted by Crippen LogP contribution is 2.60. The summed E-state index contributed by atoms with van der Waals surface area (Å²) in [7, 11) is 0. The highest BCUT2D eigenvalue weighted by atomic mass is 16.5. The summed E-state index contributed by atoms with van der Waals surface area (Å²) in [6.07, 6.45) is 8.91. The van der Waals surface area contributed by atoms with Crippen LogP contribution in [0.4, 0.5) is 0 Å². The third kappa shape index (κ3) is 2.97. The maximum absolute atomic E-state index is 13.1. The van der Waals surface area contributed by atoms with Crippen LogP contribution in [0.5, 0.6) is 0 Å². The van der Waals surface area contributed by atoms with Crippen molar-refractivity contribution in [1.29, 1.82) is 0 Å². The molecule has 4 bridgehead atoms. The molecule has 1 aromatic rings. The normalized spacial score (nSPS) is 37.0. The number of nitrogens with one attached hydrogen (secondary N) is 1. The summed E-state index contributed by atoms with van der Waals surface area (Å²) >= 11 is 0. The van der Waals surface area contributed by atoms with Crippen LogP contribution in [-0.4, -0.2) is 35.0 Å². The van der Waals surface area contributed by atoms with Crippen molar-refractivity contribution in [3.8, 4) is 0 Å². The van der Waals surface area contributed by atoms with E-state index in [1.54, 1.807) is 0 Å². The first kappa shape index (κ1) is 17.3. The molecule has 1 N–H and O–H groups in total. The van der Waals surface area contributed by atoms with Crippen LogP contribution < -0.4 is 5.32 Å². The summed E-state index contributed by atoms with van der Waals surface area (Å²) in [5.74, 6) is 3.09. The van der Waals surface area contributed by atoms with E-state index in [2.05, 4.69) is 10.5 Å². The lowest BCUT2D eigenvalue weighted by Crippen LogP contribution is -2.54. The molecule has 27 heavy (non-hydrogen) atoms. The Morgan fingerprint density at radius 2 is 1.89 bits per heavy atom. The molecule has 0 spiro atoms. The quantitative estimate of drug-likeness (QED) is 0.883. The van der Waals surface area contributed by atoms with E-state index in [1.807, 2.05) is 17.9 Å². The molecule has 6 rings (SSSR count). The van der Waals surface area contributed by atoms with Crippen LogP contribution in [0, 0.1) is 30.1 Å². The lowest BCUT2D eigenvalue weighted by molar-refractivity contribution is -0.148. The molecule has 2 heterocycles. The fraction of sp³-hybridized carbons (Fsp3) is 0.762. The maximum atomic E-state index is 13.1. The summed E-state index contributed by atoms with van der Waals surface area (Å²) in [4.78, 5) is 27.7. The number of aryl methyl sites for hydroxylation is 1. The second-order valence-corrected chi connectivity index (χ2v) is 9.49. The third-order valence-corrected chi connectivity index (χ3v) is 7.48. The molecule has 4 aliphatic carbocycles. The predicted octanol–water partition coefficient (Wildman–Crippen LogP) is 2.98. The molecule has 6 nitrogen and oxygen atoms in total. The van der Waals surface area contributed by atoms with Gasteiger partial charge in [-0.25, -0.2) is 0 Å². The van der Waals surface area contributed by atoms with Crippen molar-refractivity contribution in [2.45, 2.75) is 64.3 Å². The summed E-state index contributed by atoms with van der Waals surface area (Å²) in [5, 5.41) is 7.12. The molecule has 1 aromatic heterocycles. The van der Waals surface area contributed by atoms with Crippen molar-refractivity contribution in [1.82, 2.24) is 15.4 Å². The standard InChI is InChI=1S/C21H29N3O3/c1-13-5-17(23-27-13)18-3-2-4-24(18)19(25)12-22-20(26)21-9-14-6-15(10-21)8-16(7-14)11-21/h5,14-16,18H,2-4,6-12H2,1H3,(H,22,26)/t14?,15?,16?,18-,21?/m1/s1. The summed E-state index contributed by atoms with van der Waals surface area (Å²) in [5.41, 5.74) is 0.633. The Kier molecular flexibility index (Phi) is 4.06. The molecular formula is C21H29N3O3. The van der Waals surface area contributed by atoms with Crippen LogP contribution in [0.15, 0.2) is 10.6 Å². The molecule has 1 aliphatic heterocycles. The number of nitrogens with zero attached hydrogens (tertiary/aromatic N) is 2. The molecule has 6 heteroatoms. The minimum absolute atomic E-state index is 0.00349. The molecule has 2 amide bonds. The van der Waals surface area contributed by atoms with E-state index < -0.39 is 0 Å². The van der Waals surface area contributed by atoms with E-state index in [0.29, 0.717) is 0 Å². The number of aromatic nitrogens is 1. The molecule has 146 valence electrons. The van der Waals surface area contributed by atoms with Crippen LogP contribution in [0.3, 0.4) is 0 Å². The number of hydrogen-bond acceptors (Lipinski definition) is 4. The SMILES string of the molecule is Cc1cc([C@H]2CCCN2C(=O)CNC(=O)C23CC4CC(CC(C4)C2)C3)no1. The third-order valence-electron chi connectivity index (χ3n) is 7.48. The Morgan fingerprint density at radius 1 is 1.22 bits per heavy atom. The summed E-state index contributed by atoms with van der Waals surface area (Å²) < 4.78 is 5.18. The van der Waals surface area contributed by atoms with E-state index in [1.165, 1.54) is 19.3 Å². The smallest absolute Gasteiger partial charge is 0.242 e. The molecule has 5 fully saturated rings. The zero-order valence-electron chi connectivity index (χ0n) is 16.1. The van der Waals surface area contributed by atoms with Gasteiger partial charge in [-0.2, -0.15) is 0 Å². The predicted molar refractivity (Wildman–Crippen MR) is 98.5 cm³/mol. The highest BCUT2D eigenvalue weighted by molar-refractivity contribution is 5.88.